The zero-order valence-electron chi connectivity index (χ0n) is 14.9. The van der Waals surface area contributed by atoms with Crippen molar-refractivity contribution in [3.05, 3.63) is 69.9 Å². The molecule has 1 saturated heterocycles. The van der Waals surface area contributed by atoms with Crippen molar-refractivity contribution in [2.24, 2.45) is 0 Å². The summed E-state index contributed by atoms with van der Waals surface area (Å²) in [6.45, 7) is 3.60. The van der Waals surface area contributed by atoms with Crippen molar-refractivity contribution < 1.29 is 14.0 Å². The summed E-state index contributed by atoms with van der Waals surface area (Å²) in [7, 11) is 0. The maximum atomic E-state index is 13.0. The monoisotopic (exact) mass is 365 g/mol. The Morgan fingerprint density at radius 3 is 2.37 bits per heavy atom. The number of hydrogen-bond acceptors (Lipinski definition) is 4. The summed E-state index contributed by atoms with van der Waals surface area (Å²) in [6.07, 6.45) is 1.47. The van der Waals surface area contributed by atoms with E-state index in [-0.39, 0.29) is 17.4 Å². The Morgan fingerprint density at radius 1 is 1.00 bits per heavy atom. The zero-order chi connectivity index (χ0) is 19.0. The lowest BCUT2D eigenvalue weighted by molar-refractivity contribution is 0.0519. The second-order valence-electron chi connectivity index (χ2n) is 6.66. The van der Waals surface area contributed by atoms with Gasteiger partial charge in [-0.2, -0.15) is 0 Å². The minimum absolute atomic E-state index is 0.177. The van der Waals surface area contributed by atoms with Crippen LogP contribution in [0.4, 0.5) is 0 Å². The number of aryl methyl sites for hydroxylation is 1. The lowest BCUT2D eigenvalue weighted by Gasteiger charge is -2.34. The van der Waals surface area contributed by atoms with Gasteiger partial charge >= 0.3 is 0 Å². The molecule has 1 N–H and O–H groups in total. The van der Waals surface area contributed by atoms with Crippen molar-refractivity contribution in [2.45, 2.75) is 6.92 Å². The van der Waals surface area contributed by atoms with Crippen LogP contribution in [-0.4, -0.2) is 52.8 Å². The Morgan fingerprint density at radius 2 is 1.70 bits per heavy atom. The number of amides is 2. The van der Waals surface area contributed by atoms with E-state index in [0.29, 0.717) is 43.0 Å². The van der Waals surface area contributed by atoms with Crippen LogP contribution in [0.15, 0.2) is 51.9 Å². The first-order valence-electron chi connectivity index (χ1n) is 8.79. The standard InChI is InChI=1S/C20H19N3O4/c1-13-4-5-16-14(11-13)15(12-18(24)21-16)19(25)22-6-8-23(9-7-22)20(26)17-3-2-10-27-17/h2-5,10-12H,6-9H2,1H3,(H,21,24). The number of rotatable bonds is 2. The molecule has 2 amide bonds. The van der Waals surface area contributed by atoms with Crippen LogP contribution < -0.4 is 5.56 Å². The van der Waals surface area contributed by atoms with Gasteiger partial charge in [0.05, 0.1) is 11.8 Å². The number of aromatic amines is 1. The third-order valence-corrected chi connectivity index (χ3v) is 4.82. The predicted molar refractivity (Wildman–Crippen MR) is 99.8 cm³/mol. The van der Waals surface area contributed by atoms with Crippen molar-refractivity contribution >= 4 is 22.7 Å². The second kappa shape index (κ2) is 6.75. The molecule has 138 valence electrons. The number of benzene rings is 1. The third-order valence-electron chi connectivity index (χ3n) is 4.82. The minimum Gasteiger partial charge on any atom is -0.459 e. The van der Waals surface area contributed by atoms with E-state index in [1.54, 1.807) is 21.9 Å². The van der Waals surface area contributed by atoms with Crippen molar-refractivity contribution in [1.29, 1.82) is 0 Å². The van der Waals surface area contributed by atoms with Crippen LogP contribution in [-0.2, 0) is 0 Å². The van der Waals surface area contributed by atoms with E-state index in [1.807, 2.05) is 25.1 Å². The molecule has 2 aromatic heterocycles. The van der Waals surface area contributed by atoms with Crippen LogP contribution in [0.25, 0.3) is 10.9 Å². The Kier molecular flexibility index (Phi) is 4.27. The number of furan rings is 1. The average molecular weight is 365 g/mol. The molecule has 1 aliphatic heterocycles. The summed E-state index contributed by atoms with van der Waals surface area (Å²) >= 11 is 0. The molecule has 27 heavy (non-hydrogen) atoms. The van der Waals surface area contributed by atoms with Gasteiger partial charge in [-0.15, -0.1) is 0 Å². The number of carbonyl (C=O) groups is 2. The molecular formula is C20H19N3O4. The number of fused-ring (bicyclic) bond motifs is 1. The molecule has 0 bridgehead atoms. The lowest BCUT2D eigenvalue weighted by Crippen LogP contribution is -2.50. The van der Waals surface area contributed by atoms with Crippen LogP contribution in [0.1, 0.15) is 26.5 Å². The number of piperazine rings is 1. The highest BCUT2D eigenvalue weighted by molar-refractivity contribution is 6.06. The van der Waals surface area contributed by atoms with Gasteiger partial charge in [0, 0.05) is 43.1 Å². The van der Waals surface area contributed by atoms with Gasteiger partial charge in [0.1, 0.15) is 0 Å². The molecule has 0 spiro atoms. The Balaban J connectivity index is 1.55. The summed E-state index contributed by atoms with van der Waals surface area (Å²) in [5, 5.41) is 0.730. The Hall–Kier alpha value is -3.35. The fourth-order valence-electron chi connectivity index (χ4n) is 3.38. The van der Waals surface area contributed by atoms with E-state index in [0.717, 1.165) is 10.9 Å². The molecule has 0 saturated carbocycles. The van der Waals surface area contributed by atoms with Crippen LogP contribution in [0, 0.1) is 6.92 Å². The maximum absolute atomic E-state index is 13.0. The Labute approximate surface area is 155 Å². The van der Waals surface area contributed by atoms with Crippen molar-refractivity contribution in [1.82, 2.24) is 14.8 Å². The fourth-order valence-corrected chi connectivity index (χ4v) is 3.38. The highest BCUT2D eigenvalue weighted by Gasteiger charge is 2.27. The van der Waals surface area contributed by atoms with Crippen LogP contribution in [0.5, 0.6) is 0 Å². The summed E-state index contributed by atoms with van der Waals surface area (Å²) in [6, 6.07) is 10.3. The van der Waals surface area contributed by atoms with E-state index in [2.05, 4.69) is 4.98 Å². The molecule has 0 unspecified atom stereocenters. The van der Waals surface area contributed by atoms with E-state index >= 15 is 0 Å². The van der Waals surface area contributed by atoms with Crippen LogP contribution in [0.3, 0.4) is 0 Å². The van der Waals surface area contributed by atoms with Gasteiger partial charge in [0.2, 0.25) is 5.56 Å². The molecule has 0 atom stereocenters. The van der Waals surface area contributed by atoms with E-state index < -0.39 is 0 Å². The van der Waals surface area contributed by atoms with Crippen LogP contribution >= 0.6 is 0 Å². The number of nitrogens with one attached hydrogen (secondary N) is 1. The molecule has 0 radical (unpaired) electrons. The summed E-state index contributed by atoms with van der Waals surface area (Å²) in [4.78, 5) is 43.5. The van der Waals surface area contributed by atoms with Crippen molar-refractivity contribution in [2.75, 3.05) is 26.2 Å². The highest BCUT2D eigenvalue weighted by atomic mass is 16.3. The molecule has 1 fully saturated rings. The normalized spacial score (nSPS) is 14.6. The smallest absolute Gasteiger partial charge is 0.289 e. The fraction of sp³-hybridized carbons (Fsp3) is 0.250. The topological polar surface area (TPSA) is 86.6 Å². The molecular weight excluding hydrogens is 346 g/mol. The number of hydrogen-bond donors (Lipinski definition) is 1. The second-order valence-corrected chi connectivity index (χ2v) is 6.66. The van der Waals surface area contributed by atoms with Gasteiger partial charge in [-0.3, -0.25) is 14.4 Å². The number of aromatic nitrogens is 1. The quantitative estimate of drug-likeness (QED) is 0.753. The molecule has 7 nitrogen and oxygen atoms in total. The predicted octanol–water partition coefficient (Wildman–Crippen LogP) is 2.03. The van der Waals surface area contributed by atoms with Gasteiger partial charge < -0.3 is 19.2 Å². The first kappa shape index (κ1) is 17.1. The molecule has 7 heteroatoms. The summed E-state index contributed by atoms with van der Waals surface area (Å²) in [5.41, 5.74) is 1.74. The average Bonchev–Trinajstić information content (AvgIpc) is 3.21. The number of pyridine rings is 1. The number of nitrogens with zero attached hydrogens (tertiary/aromatic N) is 2. The SMILES string of the molecule is Cc1ccc2[nH]c(=O)cc(C(=O)N3CCN(C(=O)c4ccco4)CC3)c2c1. The zero-order valence-corrected chi connectivity index (χ0v) is 14.9. The first-order chi connectivity index (χ1) is 13.0. The van der Waals surface area contributed by atoms with E-state index in [4.69, 9.17) is 4.42 Å². The van der Waals surface area contributed by atoms with Gasteiger partial charge in [-0.1, -0.05) is 11.6 Å². The molecule has 4 rings (SSSR count). The molecule has 0 aliphatic carbocycles. The third kappa shape index (κ3) is 3.23. The van der Waals surface area contributed by atoms with E-state index in [9.17, 15) is 14.4 Å². The summed E-state index contributed by atoms with van der Waals surface area (Å²) < 4.78 is 5.15. The molecule has 1 aliphatic rings. The van der Waals surface area contributed by atoms with Crippen molar-refractivity contribution in [3.63, 3.8) is 0 Å². The maximum Gasteiger partial charge on any atom is 0.289 e. The number of carbonyl (C=O) groups excluding carboxylic acids is 2. The van der Waals surface area contributed by atoms with Gasteiger partial charge in [0.15, 0.2) is 5.76 Å². The summed E-state index contributed by atoms with van der Waals surface area (Å²) in [5.74, 6) is -0.0723. The Bertz CT molecular complexity index is 1060. The van der Waals surface area contributed by atoms with Gasteiger partial charge in [-0.25, -0.2) is 0 Å². The first-order valence-corrected chi connectivity index (χ1v) is 8.79. The molecule has 3 aromatic rings. The molecule has 1 aromatic carbocycles. The number of H-pyrrole nitrogens is 1. The minimum atomic E-state index is -0.304. The molecule has 3 heterocycles. The largest absolute Gasteiger partial charge is 0.459 e. The highest BCUT2D eigenvalue weighted by Crippen LogP contribution is 2.19. The van der Waals surface area contributed by atoms with Crippen molar-refractivity contribution in [3.8, 4) is 0 Å². The van der Waals surface area contributed by atoms with Gasteiger partial charge in [0.25, 0.3) is 11.8 Å². The van der Waals surface area contributed by atoms with Gasteiger partial charge in [-0.05, 0) is 31.2 Å². The van der Waals surface area contributed by atoms with Crippen LogP contribution in [0.2, 0.25) is 0 Å². The lowest BCUT2D eigenvalue weighted by atomic mass is 10.1. The van der Waals surface area contributed by atoms with E-state index in [1.165, 1.54) is 12.3 Å².